The van der Waals surface area contributed by atoms with Gasteiger partial charge in [-0.2, -0.15) is 0 Å². The number of sulfonamides is 1. The smallest absolute Gasteiger partial charge is 0.264 e. The van der Waals surface area contributed by atoms with Crippen molar-refractivity contribution < 1.29 is 21.6 Å². The van der Waals surface area contributed by atoms with Crippen LogP contribution in [-0.4, -0.2) is 35.5 Å². The minimum absolute atomic E-state index is 0.0540. The maximum Gasteiger partial charge on any atom is 0.264 e. The van der Waals surface area contributed by atoms with Crippen molar-refractivity contribution in [2.45, 2.75) is 29.6 Å². The van der Waals surface area contributed by atoms with Crippen LogP contribution in [-0.2, 0) is 24.7 Å². The van der Waals surface area contributed by atoms with Crippen LogP contribution in [0.5, 0.6) is 0 Å². The fourth-order valence-corrected chi connectivity index (χ4v) is 5.30. The highest BCUT2D eigenvalue weighted by Crippen LogP contribution is 2.26. The summed E-state index contributed by atoms with van der Waals surface area (Å²) in [6.07, 6.45) is 1.07. The van der Waals surface area contributed by atoms with Crippen LogP contribution in [0.2, 0.25) is 0 Å². The zero-order valence-corrected chi connectivity index (χ0v) is 20.2. The number of nitrogens with zero attached hydrogens (tertiary/aromatic N) is 1. The van der Waals surface area contributed by atoms with Crippen LogP contribution in [0.15, 0.2) is 88.7 Å². The number of benzene rings is 3. The number of nitrogens with one attached hydrogen (secondary N) is 1. The number of hydrogen-bond acceptors (Lipinski definition) is 5. The van der Waals surface area contributed by atoms with Crippen LogP contribution in [0.25, 0.3) is 0 Å². The van der Waals surface area contributed by atoms with Crippen LogP contribution in [0.3, 0.4) is 0 Å². The maximum atomic E-state index is 13.4. The number of carbonyl (C=O) groups is 1. The first kappa shape index (κ1) is 24.5. The van der Waals surface area contributed by atoms with Gasteiger partial charge in [0.2, 0.25) is 5.91 Å². The summed E-state index contributed by atoms with van der Waals surface area (Å²) in [5.41, 5.74) is 1.65. The molecule has 0 radical (unpaired) electrons. The van der Waals surface area contributed by atoms with Gasteiger partial charge in [-0.05, 0) is 53.9 Å². The summed E-state index contributed by atoms with van der Waals surface area (Å²) in [5, 5.41) is 2.60. The Labute approximate surface area is 195 Å². The maximum absolute atomic E-state index is 13.4. The molecule has 0 fully saturated rings. The highest BCUT2D eigenvalue weighted by atomic mass is 32.2. The second kappa shape index (κ2) is 9.76. The molecule has 0 aliphatic rings. The van der Waals surface area contributed by atoms with E-state index < -0.39 is 32.3 Å². The van der Waals surface area contributed by atoms with Gasteiger partial charge in [0.05, 0.1) is 15.5 Å². The molecule has 0 aliphatic carbocycles. The van der Waals surface area contributed by atoms with Crippen LogP contribution in [0.4, 0.5) is 11.4 Å². The molecule has 0 aliphatic heterocycles. The number of anilines is 2. The minimum Gasteiger partial charge on any atom is -0.324 e. The Kier molecular flexibility index (Phi) is 7.24. The Morgan fingerprint density at radius 1 is 0.848 bits per heavy atom. The topological polar surface area (TPSA) is 101 Å². The Morgan fingerprint density at radius 3 is 2.03 bits per heavy atom. The van der Waals surface area contributed by atoms with Gasteiger partial charge in [-0.3, -0.25) is 9.10 Å². The van der Waals surface area contributed by atoms with E-state index in [-0.39, 0.29) is 21.4 Å². The molecule has 1 N–H and O–H groups in total. The lowest BCUT2D eigenvalue weighted by Crippen LogP contribution is -2.38. The number of rotatable bonds is 8. The Morgan fingerprint density at radius 2 is 1.45 bits per heavy atom. The molecule has 0 aromatic heterocycles. The van der Waals surface area contributed by atoms with E-state index in [0.717, 1.165) is 16.1 Å². The molecular formula is C24H26N2O5S2. The van der Waals surface area contributed by atoms with Gasteiger partial charge in [-0.1, -0.05) is 50.2 Å². The third-order valence-corrected chi connectivity index (χ3v) is 7.91. The van der Waals surface area contributed by atoms with E-state index in [4.69, 9.17) is 0 Å². The first-order chi connectivity index (χ1) is 15.5. The summed E-state index contributed by atoms with van der Waals surface area (Å²) >= 11 is 0. The molecule has 0 spiro atoms. The van der Waals surface area contributed by atoms with Crippen molar-refractivity contribution in [2.75, 3.05) is 22.4 Å². The lowest BCUT2D eigenvalue weighted by molar-refractivity contribution is -0.114. The van der Waals surface area contributed by atoms with Gasteiger partial charge in [-0.25, -0.2) is 16.8 Å². The molecule has 0 atom stereocenters. The van der Waals surface area contributed by atoms with E-state index in [1.807, 2.05) is 26.0 Å². The normalized spacial score (nSPS) is 11.9. The molecule has 0 unspecified atom stereocenters. The van der Waals surface area contributed by atoms with E-state index in [1.54, 1.807) is 36.4 Å². The average molecular weight is 487 g/mol. The monoisotopic (exact) mass is 486 g/mol. The van der Waals surface area contributed by atoms with Crippen LogP contribution < -0.4 is 9.62 Å². The van der Waals surface area contributed by atoms with Gasteiger partial charge in [0.1, 0.15) is 6.54 Å². The Hall–Kier alpha value is -3.17. The van der Waals surface area contributed by atoms with Crippen LogP contribution in [0.1, 0.15) is 25.3 Å². The SMILES string of the molecule is CC(C)c1ccc(N(CC(=O)Nc2cccc(S(C)(=O)=O)c2)S(=O)(=O)c2ccccc2)cc1. The molecule has 1 amide bonds. The average Bonchev–Trinajstić information content (AvgIpc) is 2.77. The van der Waals surface area contributed by atoms with E-state index >= 15 is 0 Å². The predicted octanol–water partition coefficient (Wildman–Crippen LogP) is 4.05. The number of carbonyl (C=O) groups excluding carboxylic acids is 1. The molecule has 0 saturated carbocycles. The predicted molar refractivity (Wildman–Crippen MR) is 130 cm³/mol. The van der Waals surface area contributed by atoms with Crippen LogP contribution >= 0.6 is 0 Å². The third-order valence-electron chi connectivity index (χ3n) is 5.01. The van der Waals surface area contributed by atoms with Crippen LogP contribution in [0, 0.1) is 0 Å². The molecule has 9 heteroatoms. The number of amides is 1. The summed E-state index contributed by atoms with van der Waals surface area (Å²) in [5.74, 6) is -0.336. The first-order valence-corrected chi connectivity index (χ1v) is 13.6. The molecule has 0 heterocycles. The summed E-state index contributed by atoms with van der Waals surface area (Å²) in [7, 11) is -7.48. The second-order valence-electron chi connectivity index (χ2n) is 7.92. The van der Waals surface area contributed by atoms with Gasteiger partial charge < -0.3 is 5.32 Å². The standard InChI is InChI=1S/C24H26N2O5S2/c1-18(2)19-12-14-21(15-13-19)26(33(30,31)22-9-5-4-6-10-22)17-24(27)25-20-8-7-11-23(16-20)32(3,28)29/h4-16,18H,17H2,1-3H3,(H,25,27). The van der Waals surface area contributed by atoms with Gasteiger partial charge in [0.25, 0.3) is 10.0 Å². The first-order valence-electron chi connectivity index (χ1n) is 10.3. The lowest BCUT2D eigenvalue weighted by atomic mass is 10.0. The molecule has 0 bridgehead atoms. The molecular weight excluding hydrogens is 460 g/mol. The molecule has 174 valence electrons. The van der Waals surface area contributed by atoms with Crippen molar-refractivity contribution >= 4 is 37.1 Å². The van der Waals surface area contributed by atoms with Gasteiger partial charge >= 0.3 is 0 Å². The lowest BCUT2D eigenvalue weighted by Gasteiger charge is -2.24. The molecule has 3 rings (SSSR count). The van der Waals surface area contributed by atoms with Crippen molar-refractivity contribution in [3.63, 3.8) is 0 Å². The van der Waals surface area contributed by atoms with Crippen molar-refractivity contribution in [3.8, 4) is 0 Å². The minimum atomic E-state index is -4.03. The number of hydrogen-bond donors (Lipinski definition) is 1. The molecule has 0 saturated heterocycles. The summed E-state index contributed by atoms with van der Waals surface area (Å²) in [6.45, 7) is 3.58. The van der Waals surface area contributed by atoms with E-state index in [0.29, 0.717) is 5.69 Å². The van der Waals surface area contributed by atoms with Crippen molar-refractivity contribution in [2.24, 2.45) is 0 Å². The summed E-state index contributed by atoms with van der Waals surface area (Å²) in [6, 6.07) is 20.7. The largest absolute Gasteiger partial charge is 0.324 e. The van der Waals surface area contributed by atoms with Gasteiger partial charge in [0.15, 0.2) is 9.84 Å². The Balaban J connectivity index is 1.94. The quantitative estimate of drug-likeness (QED) is 0.518. The zero-order valence-electron chi connectivity index (χ0n) is 18.6. The van der Waals surface area contributed by atoms with Crippen molar-refractivity contribution in [1.29, 1.82) is 0 Å². The fourth-order valence-electron chi connectivity index (χ4n) is 3.20. The molecule has 33 heavy (non-hydrogen) atoms. The zero-order chi connectivity index (χ0) is 24.2. The Bertz CT molecular complexity index is 1340. The summed E-state index contributed by atoms with van der Waals surface area (Å²) in [4.78, 5) is 13.0. The highest BCUT2D eigenvalue weighted by Gasteiger charge is 2.27. The molecule has 7 nitrogen and oxygen atoms in total. The van der Waals surface area contributed by atoms with Crippen molar-refractivity contribution in [3.05, 3.63) is 84.4 Å². The van der Waals surface area contributed by atoms with Gasteiger partial charge in [0, 0.05) is 11.9 Å². The van der Waals surface area contributed by atoms with E-state index in [9.17, 15) is 21.6 Å². The highest BCUT2D eigenvalue weighted by molar-refractivity contribution is 7.93. The van der Waals surface area contributed by atoms with E-state index in [1.165, 1.54) is 30.3 Å². The number of sulfone groups is 1. The molecule has 3 aromatic rings. The van der Waals surface area contributed by atoms with Crippen molar-refractivity contribution in [1.82, 2.24) is 0 Å². The summed E-state index contributed by atoms with van der Waals surface area (Å²) < 4.78 is 51.4. The third kappa shape index (κ3) is 6.00. The van der Waals surface area contributed by atoms with E-state index in [2.05, 4.69) is 5.32 Å². The fraction of sp³-hybridized carbons (Fsp3) is 0.208. The molecule has 3 aromatic carbocycles. The second-order valence-corrected chi connectivity index (χ2v) is 11.8. The van der Waals surface area contributed by atoms with Gasteiger partial charge in [-0.15, -0.1) is 0 Å².